The van der Waals surface area contributed by atoms with Crippen LogP contribution in [0.4, 0.5) is 5.13 Å². The SMILES string of the molecule is COc1ccc(CNc2nn3cc(C#Cc4ccccc4)nc3s2)cc1. The Balaban J connectivity index is 1.44. The Morgan fingerprint density at radius 3 is 2.62 bits per heavy atom. The van der Waals surface area contributed by atoms with Crippen molar-refractivity contribution >= 4 is 21.4 Å². The fraction of sp³-hybridized carbons (Fsp3) is 0.100. The third kappa shape index (κ3) is 3.68. The Morgan fingerprint density at radius 2 is 1.88 bits per heavy atom. The number of imidazole rings is 1. The van der Waals surface area contributed by atoms with Gasteiger partial charge in [-0.3, -0.25) is 0 Å². The van der Waals surface area contributed by atoms with Crippen molar-refractivity contribution < 1.29 is 4.74 Å². The summed E-state index contributed by atoms with van der Waals surface area (Å²) in [4.78, 5) is 5.33. The Labute approximate surface area is 155 Å². The maximum atomic E-state index is 5.17. The second kappa shape index (κ2) is 7.30. The first-order chi connectivity index (χ1) is 12.8. The van der Waals surface area contributed by atoms with Crippen LogP contribution in [0.25, 0.3) is 4.96 Å². The molecule has 0 aliphatic rings. The molecule has 128 valence electrons. The molecule has 1 N–H and O–H groups in total. The van der Waals surface area contributed by atoms with Crippen molar-refractivity contribution in [2.24, 2.45) is 0 Å². The van der Waals surface area contributed by atoms with Crippen molar-refractivity contribution in [3.05, 3.63) is 77.6 Å². The molecule has 0 atom stereocenters. The molecule has 2 aromatic heterocycles. The molecular weight excluding hydrogens is 344 g/mol. The van der Waals surface area contributed by atoms with E-state index in [1.165, 1.54) is 11.3 Å². The maximum Gasteiger partial charge on any atom is 0.215 e. The largest absolute Gasteiger partial charge is 0.497 e. The van der Waals surface area contributed by atoms with Gasteiger partial charge in [-0.25, -0.2) is 9.50 Å². The molecular formula is C20H16N4OS. The molecule has 0 fully saturated rings. The first-order valence-corrected chi connectivity index (χ1v) is 8.92. The van der Waals surface area contributed by atoms with Gasteiger partial charge in [0.2, 0.25) is 10.1 Å². The van der Waals surface area contributed by atoms with Gasteiger partial charge >= 0.3 is 0 Å². The highest BCUT2D eigenvalue weighted by Crippen LogP contribution is 2.20. The Morgan fingerprint density at radius 1 is 1.08 bits per heavy atom. The number of benzene rings is 2. The Bertz CT molecular complexity index is 1040. The molecule has 0 spiro atoms. The number of hydrogen-bond donors (Lipinski definition) is 1. The maximum absolute atomic E-state index is 5.17. The van der Waals surface area contributed by atoms with Crippen LogP contribution in [-0.2, 0) is 6.54 Å². The van der Waals surface area contributed by atoms with E-state index < -0.39 is 0 Å². The number of rotatable bonds is 4. The summed E-state index contributed by atoms with van der Waals surface area (Å²) in [6.45, 7) is 0.696. The zero-order valence-corrected chi connectivity index (χ0v) is 15.0. The van der Waals surface area contributed by atoms with E-state index in [0.717, 1.165) is 27.0 Å². The third-order valence-corrected chi connectivity index (χ3v) is 4.63. The second-order valence-corrected chi connectivity index (χ2v) is 6.53. The number of aromatic nitrogens is 3. The lowest BCUT2D eigenvalue weighted by Gasteiger charge is -2.03. The normalized spacial score (nSPS) is 10.3. The first kappa shape index (κ1) is 16.2. The molecule has 4 rings (SSSR count). The first-order valence-electron chi connectivity index (χ1n) is 8.10. The average molecular weight is 360 g/mol. The number of nitrogens with one attached hydrogen (secondary N) is 1. The number of methoxy groups -OCH3 is 1. The number of nitrogens with zero attached hydrogens (tertiary/aromatic N) is 3. The van der Waals surface area contributed by atoms with E-state index in [1.807, 2.05) is 60.8 Å². The van der Waals surface area contributed by atoms with Crippen molar-refractivity contribution in [2.75, 3.05) is 12.4 Å². The van der Waals surface area contributed by atoms with Crippen LogP contribution < -0.4 is 10.1 Å². The highest BCUT2D eigenvalue weighted by atomic mass is 32.1. The molecule has 5 nitrogen and oxygen atoms in total. The summed E-state index contributed by atoms with van der Waals surface area (Å²) >= 11 is 1.50. The van der Waals surface area contributed by atoms with E-state index >= 15 is 0 Å². The van der Waals surface area contributed by atoms with Crippen molar-refractivity contribution in [3.63, 3.8) is 0 Å². The fourth-order valence-electron chi connectivity index (χ4n) is 2.41. The van der Waals surface area contributed by atoms with Crippen LogP contribution in [0.3, 0.4) is 0 Å². The zero-order chi connectivity index (χ0) is 17.8. The highest BCUT2D eigenvalue weighted by molar-refractivity contribution is 7.20. The Hall–Kier alpha value is -3.30. The van der Waals surface area contributed by atoms with Crippen LogP contribution in [0.2, 0.25) is 0 Å². The molecule has 0 saturated heterocycles. The van der Waals surface area contributed by atoms with Gasteiger partial charge in [0.05, 0.1) is 13.3 Å². The molecule has 0 bridgehead atoms. The summed E-state index contributed by atoms with van der Waals surface area (Å²) in [6.07, 6.45) is 1.85. The number of fused-ring (bicyclic) bond motifs is 1. The van der Waals surface area contributed by atoms with E-state index in [1.54, 1.807) is 11.6 Å². The van der Waals surface area contributed by atoms with Crippen LogP contribution in [0.1, 0.15) is 16.8 Å². The summed E-state index contributed by atoms with van der Waals surface area (Å²) < 4.78 is 6.93. The van der Waals surface area contributed by atoms with Crippen LogP contribution in [0, 0.1) is 11.8 Å². The minimum absolute atomic E-state index is 0.696. The van der Waals surface area contributed by atoms with Crippen molar-refractivity contribution in [3.8, 4) is 17.6 Å². The van der Waals surface area contributed by atoms with E-state index in [2.05, 4.69) is 27.2 Å². The fourth-order valence-corrected chi connectivity index (χ4v) is 3.19. The molecule has 2 aromatic carbocycles. The van der Waals surface area contributed by atoms with Gasteiger partial charge in [-0.05, 0) is 35.7 Å². The number of hydrogen-bond acceptors (Lipinski definition) is 5. The van der Waals surface area contributed by atoms with Crippen molar-refractivity contribution in [1.29, 1.82) is 0 Å². The second-order valence-electron chi connectivity index (χ2n) is 5.58. The predicted molar refractivity (Wildman–Crippen MR) is 104 cm³/mol. The lowest BCUT2D eigenvalue weighted by atomic mass is 10.2. The summed E-state index contributed by atoms with van der Waals surface area (Å²) in [7, 11) is 1.66. The Kier molecular flexibility index (Phi) is 4.54. The van der Waals surface area contributed by atoms with Gasteiger partial charge in [0.25, 0.3) is 0 Å². The smallest absolute Gasteiger partial charge is 0.215 e. The molecule has 6 heteroatoms. The molecule has 26 heavy (non-hydrogen) atoms. The molecule has 4 aromatic rings. The van der Waals surface area contributed by atoms with Gasteiger partial charge in [-0.2, -0.15) is 0 Å². The van der Waals surface area contributed by atoms with Crippen LogP contribution in [0.15, 0.2) is 60.8 Å². The topological polar surface area (TPSA) is 51.5 Å². The van der Waals surface area contributed by atoms with E-state index in [4.69, 9.17) is 4.74 Å². The quantitative estimate of drug-likeness (QED) is 0.562. The van der Waals surface area contributed by atoms with Gasteiger partial charge in [-0.1, -0.05) is 47.6 Å². The van der Waals surface area contributed by atoms with Gasteiger partial charge in [0, 0.05) is 12.1 Å². The predicted octanol–water partition coefficient (Wildman–Crippen LogP) is 3.81. The van der Waals surface area contributed by atoms with Crippen LogP contribution >= 0.6 is 11.3 Å². The molecule has 0 radical (unpaired) electrons. The van der Waals surface area contributed by atoms with Crippen LogP contribution in [0.5, 0.6) is 5.75 Å². The number of ether oxygens (including phenoxy) is 1. The van der Waals surface area contributed by atoms with Gasteiger partial charge in [0.15, 0.2) is 0 Å². The molecule has 0 amide bonds. The molecule has 2 heterocycles. The lowest BCUT2D eigenvalue weighted by Crippen LogP contribution is -1.99. The zero-order valence-electron chi connectivity index (χ0n) is 14.1. The van der Waals surface area contributed by atoms with E-state index in [0.29, 0.717) is 12.2 Å². The summed E-state index contributed by atoms with van der Waals surface area (Å²) in [5.74, 6) is 7.04. The van der Waals surface area contributed by atoms with Gasteiger partial charge in [0.1, 0.15) is 11.4 Å². The summed E-state index contributed by atoms with van der Waals surface area (Å²) in [5.41, 5.74) is 2.85. The number of anilines is 1. The molecule has 0 unspecified atom stereocenters. The van der Waals surface area contributed by atoms with Crippen LogP contribution in [-0.4, -0.2) is 21.7 Å². The van der Waals surface area contributed by atoms with E-state index in [-0.39, 0.29) is 0 Å². The van der Waals surface area contributed by atoms with Gasteiger partial charge < -0.3 is 10.1 Å². The van der Waals surface area contributed by atoms with Gasteiger partial charge in [-0.15, -0.1) is 5.10 Å². The monoisotopic (exact) mass is 360 g/mol. The van der Waals surface area contributed by atoms with Crippen molar-refractivity contribution in [2.45, 2.75) is 6.54 Å². The highest BCUT2D eigenvalue weighted by Gasteiger charge is 2.07. The third-order valence-electron chi connectivity index (χ3n) is 3.75. The standard InChI is InChI=1S/C20H16N4OS/c1-25-18-11-8-16(9-12-18)13-21-19-23-24-14-17(22-20(24)26-19)10-7-15-5-3-2-4-6-15/h2-6,8-9,11-12,14H,13H2,1H3,(H,21,23). The summed E-state index contributed by atoms with van der Waals surface area (Å²) in [5, 5.41) is 8.65. The average Bonchev–Trinajstić information content (AvgIpc) is 3.24. The minimum Gasteiger partial charge on any atom is -0.497 e. The summed E-state index contributed by atoms with van der Waals surface area (Å²) in [6, 6.07) is 17.8. The lowest BCUT2D eigenvalue weighted by molar-refractivity contribution is 0.414. The molecule has 0 aliphatic heterocycles. The van der Waals surface area contributed by atoms with Crippen molar-refractivity contribution in [1.82, 2.24) is 14.6 Å². The van der Waals surface area contributed by atoms with E-state index in [9.17, 15) is 0 Å². The minimum atomic E-state index is 0.696. The molecule has 0 saturated carbocycles. The molecule has 0 aliphatic carbocycles.